The Morgan fingerprint density at radius 3 is 2.57 bits per heavy atom. The summed E-state index contributed by atoms with van der Waals surface area (Å²) in [5.74, 6) is 0.860. The van der Waals surface area contributed by atoms with E-state index in [9.17, 15) is 8.42 Å². The summed E-state index contributed by atoms with van der Waals surface area (Å²) in [7, 11) is -3.39. The van der Waals surface area contributed by atoms with E-state index in [1.165, 1.54) is 0 Å². The maximum Gasteiger partial charge on any atom is 0.243 e. The summed E-state index contributed by atoms with van der Waals surface area (Å²) in [6.07, 6.45) is 1.81. The van der Waals surface area contributed by atoms with Gasteiger partial charge in [0.1, 0.15) is 0 Å². The van der Waals surface area contributed by atoms with Crippen molar-refractivity contribution in [2.45, 2.75) is 42.9 Å². The molecule has 6 heteroatoms. The molecule has 2 unspecified atom stereocenters. The number of sulfonamides is 1. The van der Waals surface area contributed by atoms with Crippen LogP contribution in [0.2, 0.25) is 0 Å². The molecule has 2 rings (SSSR count). The first-order chi connectivity index (χ1) is 9.96. The number of aryl methyl sites for hydroxylation is 1. The molecule has 0 saturated carbocycles. The Balaban J connectivity index is 2.19. The summed E-state index contributed by atoms with van der Waals surface area (Å²) >= 11 is 1.83. The average molecular weight is 329 g/mol. The quantitative estimate of drug-likeness (QED) is 0.899. The van der Waals surface area contributed by atoms with Gasteiger partial charge in [-0.3, -0.25) is 0 Å². The molecule has 4 nitrogen and oxygen atoms in total. The van der Waals surface area contributed by atoms with Gasteiger partial charge < -0.3 is 5.73 Å². The second-order valence-electron chi connectivity index (χ2n) is 5.47. The highest BCUT2D eigenvalue weighted by Gasteiger charge is 2.34. The Labute approximate surface area is 132 Å². The van der Waals surface area contributed by atoms with Crippen molar-refractivity contribution < 1.29 is 8.42 Å². The largest absolute Gasteiger partial charge is 0.330 e. The number of benzene rings is 1. The molecule has 0 amide bonds. The maximum absolute atomic E-state index is 12.8. The third-order valence-corrected chi connectivity index (χ3v) is 7.36. The molecule has 0 aromatic heterocycles. The Morgan fingerprint density at radius 2 is 1.95 bits per heavy atom. The zero-order valence-corrected chi connectivity index (χ0v) is 14.3. The smallest absolute Gasteiger partial charge is 0.243 e. The van der Waals surface area contributed by atoms with Gasteiger partial charge in [-0.05, 0) is 44.0 Å². The van der Waals surface area contributed by atoms with Gasteiger partial charge in [0.25, 0.3) is 0 Å². The highest BCUT2D eigenvalue weighted by Crippen LogP contribution is 2.29. The van der Waals surface area contributed by atoms with E-state index >= 15 is 0 Å². The lowest BCUT2D eigenvalue weighted by molar-refractivity contribution is 0.340. The van der Waals surface area contributed by atoms with Crippen LogP contribution in [-0.2, 0) is 16.4 Å². The van der Waals surface area contributed by atoms with E-state index in [0.717, 1.165) is 24.2 Å². The molecule has 21 heavy (non-hydrogen) atoms. The van der Waals surface area contributed by atoms with Gasteiger partial charge >= 0.3 is 0 Å². The van der Waals surface area contributed by atoms with Crippen molar-refractivity contribution in [1.82, 2.24) is 4.31 Å². The van der Waals surface area contributed by atoms with Crippen LogP contribution < -0.4 is 5.73 Å². The summed E-state index contributed by atoms with van der Waals surface area (Å²) in [6, 6.07) is 7.27. The minimum atomic E-state index is -3.39. The van der Waals surface area contributed by atoms with Crippen LogP contribution in [-0.4, -0.2) is 42.9 Å². The van der Waals surface area contributed by atoms with Crippen molar-refractivity contribution in [2.24, 2.45) is 5.73 Å². The molecular formula is C15H24N2O2S2. The molecule has 1 aliphatic rings. The van der Waals surface area contributed by atoms with E-state index < -0.39 is 10.0 Å². The molecule has 1 heterocycles. The highest BCUT2D eigenvalue weighted by atomic mass is 32.2. The zero-order chi connectivity index (χ0) is 15.5. The number of thioether (sulfide) groups is 1. The van der Waals surface area contributed by atoms with Crippen molar-refractivity contribution in [3.63, 3.8) is 0 Å². The van der Waals surface area contributed by atoms with Gasteiger partial charge in [-0.25, -0.2) is 8.42 Å². The molecule has 2 atom stereocenters. The number of nitrogens with two attached hydrogens (primary N) is 1. The summed E-state index contributed by atoms with van der Waals surface area (Å²) < 4.78 is 27.2. The fraction of sp³-hybridized carbons (Fsp3) is 0.600. The molecule has 1 saturated heterocycles. The first kappa shape index (κ1) is 16.8. The van der Waals surface area contributed by atoms with Gasteiger partial charge in [-0.1, -0.05) is 19.1 Å². The van der Waals surface area contributed by atoms with Crippen LogP contribution in [0.15, 0.2) is 29.2 Å². The van der Waals surface area contributed by atoms with Crippen molar-refractivity contribution in [1.29, 1.82) is 0 Å². The molecule has 1 aromatic carbocycles. The minimum Gasteiger partial charge on any atom is -0.330 e. The first-order valence-electron chi connectivity index (χ1n) is 7.39. The van der Waals surface area contributed by atoms with Crippen LogP contribution in [0.5, 0.6) is 0 Å². The van der Waals surface area contributed by atoms with Gasteiger partial charge in [0.2, 0.25) is 10.0 Å². The van der Waals surface area contributed by atoms with E-state index in [1.54, 1.807) is 16.4 Å². The molecule has 0 spiro atoms. The summed E-state index contributed by atoms with van der Waals surface area (Å²) in [5, 5.41) is 0.331. The summed E-state index contributed by atoms with van der Waals surface area (Å²) in [6.45, 7) is 5.32. The highest BCUT2D eigenvalue weighted by molar-refractivity contribution is 8.00. The number of rotatable bonds is 5. The second-order valence-corrected chi connectivity index (χ2v) is 8.84. The SMILES string of the molecule is CC1SCCN(S(=O)(=O)c2ccc(CCCN)cc2)C1C. The fourth-order valence-corrected chi connectivity index (χ4v) is 5.51. The lowest BCUT2D eigenvalue weighted by Gasteiger charge is -2.36. The molecular weight excluding hydrogens is 304 g/mol. The maximum atomic E-state index is 12.8. The molecule has 1 fully saturated rings. The van der Waals surface area contributed by atoms with E-state index in [-0.39, 0.29) is 6.04 Å². The van der Waals surface area contributed by atoms with E-state index in [0.29, 0.717) is 23.2 Å². The molecule has 1 aliphatic heterocycles. The monoisotopic (exact) mass is 328 g/mol. The predicted molar refractivity (Wildman–Crippen MR) is 89.1 cm³/mol. The minimum absolute atomic E-state index is 0.0330. The van der Waals surface area contributed by atoms with Crippen molar-refractivity contribution in [3.8, 4) is 0 Å². The summed E-state index contributed by atoms with van der Waals surface area (Å²) in [5.41, 5.74) is 6.63. The summed E-state index contributed by atoms with van der Waals surface area (Å²) in [4.78, 5) is 0.393. The third kappa shape index (κ3) is 3.80. The lowest BCUT2D eigenvalue weighted by atomic mass is 10.1. The Kier molecular flexibility index (Phi) is 5.71. The van der Waals surface area contributed by atoms with Crippen LogP contribution in [0.1, 0.15) is 25.8 Å². The van der Waals surface area contributed by atoms with Crippen LogP contribution >= 0.6 is 11.8 Å². The van der Waals surface area contributed by atoms with Gasteiger partial charge in [-0.15, -0.1) is 0 Å². The number of nitrogens with zero attached hydrogens (tertiary/aromatic N) is 1. The van der Waals surface area contributed by atoms with Crippen LogP contribution in [0.3, 0.4) is 0 Å². The average Bonchev–Trinajstić information content (AvgIpc) is 2.48. The predicted octanol–water partition coefficient (Wildman–Crippen LogP) is 2.09. The Bertz CT molecular complexity index is 558. The van der Waals surface area contributed by atoms with E-state index in [2.05, 4.69) is 6.92 Å². The zero-order valence-electron chi connectivity index (χ0n) is 12.7. The number of hydrogen-bond donors (Lipinski definition) is 1. The molecule has 0 aliphatic carbocycles. The van der Waals surface area contributed by atoms with E-state index in [4.69, 9.17) is 5.73 Å². The molecule has 0 radical (unpaired) electrons. The Morgan fingerprint density at radius 1 is 1.29 bits per heavy atom. The Hall–Kier alpha value is -0.560. The fourth-order valence-electron chi connectivity index (χ4n) is 2.51. The first-order valence-corrected chi connectivity index (χ1v) is 9.88. The number of hydrogen-bond acceptors (Lipinski definition) is 4. The normalized spacial score (nSPS) is 24.1. The van der Waals surface area contributed by atoms with Gasteiger partial charge in [-0.2, -0.15) is 16.1 Å². The van der Waals surface area contributed by atoms with Crippen LogP contribution in [0.25, 0.3) is 0 Å². The molecule has 2 N–H and O–H groups in total. The van der Waals surface area contributed by atoms with Crippen molar-refractivity contribution in [3.05, 3.63) is 29.8 Å². The van der Waals surface area contributed by atoms with Crippen LogP contribution in [0.4, 0.5) is 0 Å². The topological polar surface area (TPSA) is 63.4 Å². The molecule has 0 bridgehead atoms. The standard InChI is InChI=1S/C15H24N2O2S2/c1-12-13(2)20-11-10-17(12)21(18,19)15-7-5-14(6-8-15)4-3-9-16/h5-8,12-13H,3-4,9-11,16H2,1-2H3. The molecule has 1 aromatic rings. The van der Waals surface area contributed by atoms with Crippen LogP contribution in [0, 0.1) is 0 Å². The van der Waals surface area contributed by atoms with Gasteiger partial charge in [0.05, 0.1) is 4.90 Å². The van der Waals surface area contributed by atoms with Crippen molar-refractivity contribution in [2.75, 3.05) is 18.8 Å². The van der Waals surface area contributed by atoms with Gasteiger partial charge in [0.15, 0.2) is 0 Å². The third-order valence-electron chi connectivity index (χ3n) is 4.03. The van der Waals surface area contributed by atoms with E-state index in [1.807, 2.05) is 30.8 Å². The lowest BCUT2D eigenvalue weighted by Crippen LogP contribution is -2.47. The molecule has 118 valence electrons. The van der Waals surface area contributed by atoms with Gasteiger partial charge in [0, 0.05) is 23.6 Å². The second kappa shape index (κ2) is 7.13. The van der Waals surface area contributed by atoms with Crippen molar-refractivity contribution >= 4 is 21.8 Å².